The van der Waals surface area contributed by atoms with Gasteiger partial charge in [0.25, 0.3) is 5.91 Å². The van der Waals surface area contributed by atoms with Crippen LogP contribution in [0.5, 0.6) is 0 Å². The molecular weight excluding hydrogens is 400 g/mol. The molecule has 3 aromatic rings. The Bertz CT molecular complexity index is 1150. The second-order valence-corrected chi connectivity index (χ2v) is 9.28. The molecule has 7 nitrogen and oxygen atoms in total. The first kappa shape index (κ1) is 20.3. The number of piperazine rings is 1. The van der Waals surface area contributed by atoms with Gasteiger partial charge in [-0.25, -0.2) is 8.42 Å². The lowest BCUT2D eigenvalue weighted by molar-refractivity contribution is 0.0697. The summed E-state index contributed by atoms with van der Waals surface area (Å²) in [6.07, 6.45) is 3.48. The highest BCUT2D eigenvalue weighted by Crippen LogP contribution is 2.23. The van der Waals surface area contributed by atoms with Gasteiger partial charge in [0.15, 0.2) is 0 Å². The van der Waals surface area contributed by atoms with Crippen molar-refractivity contribution in [3.05, 3.63) is 77.9 Å². The van der Waals surface area contributed by atoms with Crippen LogP contribution in [-0.4, -0.2) is 59.3 Å². The fraction of sp³-hybridized carbons (Fsp3) is 0.273. The molecule has 0 radical (unpaired) electrons. The number of hydrogen-bond donors (Lipinski definition) is 0. The van der Waals surface area contributed by atoms with Gasteiger partial charge >= 0.3 is 0 Å². The van der Waals surface area contributed by atoms with Gasteiger partial charge in [-0.15, -0.1) is 0 Å². The van der Waals surface area contributed by atoms with E-state index >= 15 is 0 Å². The molecule has 1 aliphatic heterocycles. The molecule has 3 heterocycles. The predicted octanol–water partition coefficient (Wildman–Crippen LogP) is 2.64. The van der Waals surface area contributed by atoms with E-state index < -0.39 is 10.0 Å². The van der Waals surface area contributed by atoms with Crippen LogP contribution in [0, 0.1) is 13.8 Å². The number of nitrogens with zero attached hydrogens (tertiary/aromatic N) is 4. The minimum absolute atomic E-state index is 0.0741. The molecule has 4 rings (SSSR count). The van der Waals surface area contributed by atoms with Gasteiger partial charge in [0.05, 0.1) is 22.3 Å². The number of hydrogen-bond acceptors (Lipinski definition) is 4. The Morgan fingerprint density at radius 3 is 2.30 bits per heavy atom. The number of aryl methyl sites for hydroxylation is 1. The summed E-state index contributed by atoms with van der Waals surface area (Å²) in [5.74, 6) is -0.0741. The molecule has 8 heteroatoms. The zero-order valence-corrected chi connectivity index (χ0v) is 17.8. The van der Waals surface area contributed by atoms with Gasteiger partial charge in [-0.2, -0.15) is 4.31 Å². The van der Waals surface area contributed by atoms with E-state index in [0.29, 0.717) is 18.7 Å². The second-order valence-electron chi connectivity index (χ2n) is 7.34. The Labute approximate surface area is 176 Å². The fourth-order valence-electron chi connectivity index (χ4n) is 3.91. The van der Waals surface area contributed by atoms with Crippen LogP contribution in [0.15, 0.2) is 65.8 Å². The van der Waals surface area contributed by atoms with Gasteiger partial charge in [0, 0.05) is 43.8 Å². The van der Waals surface area contributed by atoms with Crippen LogP contribution in [-0.2, 0) is 10.0 Å². The average molecular weight is 425 g/mol. The van der Waals surface area contributed by atoms with Gasteiger partial charge in [-0.3, -0.25) is 9.78 Å². The molecule has 2 aromatic heterocycles. The highest BCUT2D eigenvalue weighted by Gasteiger charge is 2.31. The zero-order valence-electron chi connectivity index (χ0n) is 17.0. The lowest BCUT2D eigenvalue weighted by atomic mass is 10.2. The molecule has 0 N–H and O–H groups in total. The number of amides is 1. The Kier molecular flexibility index (Phi) is 5.44. The van der Waals surface area contributed by atoms with E-state index in [4.69, 9.17) is 0 Å². The first-order valence-corrected chi connectivity index (χ1v) is 11.3. The van der Waals surface area contributed by atoms with E-state index in [1.54, 1.807) is 47.6 Å². The summed E-state index contributed by atoms with van der Waals surface area (Å²) >= 11 is 0. The van der Waals surface area contributed by atoms with Crippen LogP contribution in [0.3, 0.4) is 0 Å². The molecule has 1 amide bonds. The third-order valence-corrected chi connectivity index (χ3v) is 7.39. The molecule has 1 saturated heterocycles. The largest absolute Gasteiger partial charge is 0.336 e. The van der Waals surface area contributed by atoms with Crippen LogP contribution in [0.4, 0.5) is 0 Å². The third-order valence-electron chi connectivity index (χ3n) is 5.47. The summed E-state index contributed by atoms with van der Waals surface area (Å²) in [6, 6.07) is 14.1. The topological polar surface area (TPSA) is 75.5 Å². The number of aromatic nitrogens is 2. The van der Waals surface area contributed by atoms with E-state index in [1.165, 1.54) is 4.31 Å². The normalized spacial score (nSPS) is 15.3. The molecule has 0 saturated carbocycles. The van der Waals surface area contributed by atoms with Crippen molar-refractivity contribution in [3.8, 4) is 5.69 Å². The van der Waals surface area contributed by atoms with Gasteiger partial charge < -0.3 is 9.47 Å². The predicted molar refractivity (Wildman–Crippen MR) is 114 cm³/mol. The van der Waals surface area contributed by atoms with E-state index in [-0.39, 0.29) is 23.9 Å². The zero-order chi connectivity index (χ0) is 21.3. The molecule has 0 aliphatic carbocycles. The first-order valence-electron chi connectivity index (χ1n) is 9.83. The fourth-order valence-corrected chi connectivity index (χ4v) is 5.35. The number of rotatable bonds is 4. The number of carbonyl (C=O) groups excluding carboxylic acids is 1. The quantitative estimate of drug-likeness (QED) is 0.645. The molecule has 1 fully saturated rings. The summed E-state index contributed by atoms with van der Waals surface area (Å²) in [5, 5.41) is 0. The number of carbonyl (C=O) groups is 1. The first-order chi connectivity index (χ1) is 14.4. The lowest BCUT2D eigenvalue weighted by Crippen LogP contribution is -2.50. The minimum Gasteiger partial charge on any atom is -0.336 e. The van der Waals surface area contributed by atoms with Gasteiger partial charge in [0.1, 0.15) is 0 Å². The molecule has 1 aromatic carbocycles. The molecule has 1 aliphatic rings. The molecule has 0 bridgehead atoms. The Balaban J connectivity index is 1.51. The summed E-state index contributed by atoms with van der Waals surface area (Å²) < 4.78 is 29.1. The lowest BCUT2D eigenvalue weighted by Gasteiger charge is -2.34. The second kappa shape index (κ2) is 8.04. The number of pyridine rings is 1. The highest BCUT2D eigenvalue weighted by molar-refractivity contribution is 7.89. The van der Waals surface area contributed by atoms with E-state index in [9.17, 15) is 13.2 Å². The molecule has 0 unspecified atom stereocenters. The molecule has 30 heavy (non-hydrogen) atoms. The van der Waals surface area contributed by atoms with E-state index in [1.807, 2.05) is 36.6 Å². The smallest absolute Gasteiger partial charge is 0.255 e. The Morgan fingerprint density at radius 1 is 0.967 bits per heavy atom. The molecule has 0 spiro atoms. The van der Waals surface area contributed by atoms with Crippen molar-refractivity contribution in [1.82, 2.24) is 18.8 Å². The van der Waals surface area contributed by atoms with Crippen molar-refractivity contribution in [3.63, 3.8) is 0 Å². The van der Waals surface area contributed by atoms with Crippen molar-refractivity contribution >= 4 is 15.9 Å². The minimum atomic E-state index is -3.54. The van der Waals surface area contributed by atoms with Crippen LogP contribution in [0.1, 0.15) is 21.7 Å². The maximum absolute atomic E-state index is 13.2. The van der Waals surface area contributed by atoms with Crippen LogP contribution >= 0.6 is 0 Å². The highest BCUT2D eigenvalue weighted by atomic mass is 32.2. The van der Waals surface area contributed by atoms with Crippen molar-refractivity contribution in [2.45, 2.75) is 18.7 Å². The Hall–Kier alpha value is -2.97. The standard InChI is InChI=1S/C22H24N4O3S/c1-17-15-21(18(2)26(17)19-7-6-10-23-16-19)22(27)24-11-13-25(14-12-24)30(28,29)20-8-4-3-5-9-20/h3-10,15-16H,11-14H2,1-2H3. The van der Waals surface area contributed by atoms with E-state index in [0.717, 1.165) is 17.1 Å². The SMILES string of the molecule is Cc1cc(C(=O)N2CCN(S(=O)(=O)c3ccccc3)CC2)c(C)n1-c1cccnc1. The van der Waals surface area contributed by atoms with Crippen molar-refractivity contribution in [2.24, 2.45) is 0 Å². The van der Waals surface area contributed by atoms with Crippen molar-refractivity contribution in [2.75, 3.05) is 26.2 Å². The summed E-state index contributed by atoms with van der Waals surface area (Å²) in [7, 11) is -3.54. The molecular formula is C22H24N4O3S. The number of benzene rings is 1. The maximum atomic E-state index is 13.2. The van der Waals surface area contributed by atoms with Crippen molar-refractivity contribution < 1.29 is 13.2 Å². The van der Waals surface area contributed by atoms with Crippen LogP contribution in [0.2, 0.25) is 0 Å². The summed E-state index contributed by atoms with van der Waals surface area (Å²) in [6.45, 7) is 5.17. The van der Waals surface area contributed by atoms with Gasteiger partial charge in [-0.05, 0) is 44.2 Å². The summed E-state index contributed by atoms with van der Waals surface area (Å²) in [5.41, 5.74) is 3.35. The van der Waals surface area contributed by atoms with Crippen molar-refractivity contribution in [1.29, 1.82) is 0 Å². The third kappa shape index (κ3) is 3.64. The van der Waals surface area contributed by atoms with Gasteiger partial charge in [-0.1, -0.05) is 18.2 Å². The van der Waals surface area contributed by atoms with Crippen LogP contribution < -0.4 is 0 Å². The van der Waals surface area contributed by atoms with Crippen LogP contribution in [0.25, 0.3) is 5.69 Å². The number of sulfonamides is 1. The van der Waals surface area contributed by atoms with Gasteiger partial charge in [0.2, 0.25) is 10.0 Å². The maximum Gasteiger partial charge on any atom is 0.255 e. The molecule has 0 atom stereocenters. The van der Waals surface area contributed by atoms with E-state index in [2.05, 4.69) is 4.98 Å². The average Bonchev–Trinajstić information content (AvgIpc) is 3.08. The Morgan fingerprint density at radius 2 is 1.67 bits per heavy atom. The molecule has 156 valence electrons. The monoisotopic (exact) mass is 424 g/mol. The summed E-state index contributed by atoms with van der Waals surface area (Å²) in [4.78, 5) is 19.3.